The van der Waals surface area contributed by atoms with Crippen LogP contribution >= 0.6 is 11.6 Å². The molecule has 0 radical (unpaired) electrons. The Hall–Kier alpha value is -2.53. The van der Waals surface area contributed by atoms with Gasteiger partial charge in [-0.3, -0.25) is 9.97 Å². The molecular formula is C15H10ClN3O2. The van der Waals surface area contributed by atoms with Gasteiger partial charge in [0.05, 0.1) is 21.8 Å². The molecular weight excluding hydrogens is 290 g/mol. The van der Waals surface area contributed by atoms with Gasteiger partial charge in [0, 0.05) is 23.7 Å². The Morgan fingerprint density at radius 3 is 2.62 bits per heavy atom. The van der Waals surface area contributed by atoms with Gasteiger partial charge in [0.2, 0.25) is 0 Å². The molecule has 0 spiro atoms. The minimum absolute atomic E-state index is 0.0594. The highest BCUT2D eigenvalue weighted by atomic mass is 35.5. The van der Waals surface area contributed by atoms with Gasteiger partial charge in [-0.15, -0.1) is 0 Å². The Kier molecular flexibility index (Phi) is 3.27. The number of pyridine rings is 3. The van der Waals surface area contributed by atoms with Gasteiger partial charge in [-0.1, -0.05) is 11.6 Å². The van der Waals surface area contributed by atoms with Crippen LogP contribution in [0.3, 0.4) is 0 Å². The third kappa shape index (κ3) is 2.43. The van der Waals surface area contributed by atoms with E-state index in [-0.39, 0.29) is 10.6 Å². The molecule has 0 atom stereocenters. The zero-order valence-electron chi connectivity index (χ0n) is 11.0. The summed E-state index contributed by atoms with van der Waals surface area (Å²) in [6.45, 7) is 1.90. The quantitative estimate of drug-likeness (QED) is 0.785. The lowest BCUT2D eigenvalue weighted by Crippen LogP contribution is -2.00. The molecule has 5 nitrogen and oxygen atoms in total. The standard InChI is InChI=1S/C15H10ClN3O2/c1-8-2-3-9(6-17-8)11-4-5-12-14(19-11)13(16)10(7-18-12)15(20)21/h2-7H,1H3,(H,20,21). The van der Waals surface area contributed by atoms with E-state index in [2.05, 4.69) is 15.0 Å². The molecule has 104 valence electrons. The Bertz CT molecular complexity index is 847. The van der Waals surface area contributed by atoms with Gasteiger partial charge in [-0.2, -0.15) is 0 Å². The van der Waals surface area contributed by atoms with Crippen molar-refractivity contribution in [1.82, 2.24) is 15.0 Å². The van der Waals surface area contributed by atoms with E-state index in [0.717, 1.165) is 11.3 Å². The normalized spacial score (nSPS) is 10.8. The van der Waals surface area contributed by atoms with Crippen LogP contribution in [0, 0.1) is 6.92 Å². The lowest BCUT2D eigenvalue weighted by Gasteiger charge is -2.06. The Labute approximate surface area is 125 Å². The van der Waals surface area contributed by atoms with Crippen LogP contribution in [0.5, 0.6) is 0 Å². The second-order valence-electron chi connectivity index (χ2n) is 4.54. The minimum atomic E-state index is -1.13. The maximum atomic E-state index is 11.1. The van der Waals surface area contributed by atoms with E-state index in [1.165, 1.54) is 6.20 Å². The molecule has 3 rings (SSSR count). The van der Waals surface area contributed by atoms with Crippen molar-refractivity contribution in [2.45, 2.75) is 6.92 Å². The van der Waals surface area contributed by atoms with Gasteiger partial charge in [0.25, 0.3) is 0 Å². The summed E-state index contributed by atoms with van der Waals surface area (Å²) in [5.41, 5.74) is 3.27. The minimum Gasteiger partial charge on any atom is -0.478 e. The van der Waals surface area contributed by atoms with Gasteiger partial charge in [-0.05, 0) is 31.2 Å². The lowest BCUT2D eigenvalue weighted by molar-refractivity contribution is 0.0697. The topological polar surface area (TPSA) is 76.0 Å². The summed E-state index contributed by atoms with van der Waals surface area (Å²) in [4.78, 5) is 23.8. The van der Waals surface area contributed by atoms with Crippen molar-refractivity contribution in [2.75, 3.05) is 0 Å². The van der Waals surface area contributed by atoms with E-state index < -0.39 is 5.97 Å². The number of aromatic nitrogens is 3. The molecule has 0 fully saturated rings. The molecule has 3 heterocycles. The van der Waals surface area contributed by atoms with Gasteiger partial charge >= 0.3 is 5.97 Å². The fraction of sp³-hybridized carbons (Fsp3) is 0.0667. The van der Waals surface area contributed by atoms with Crippen molar-refractivity contribution >= 4 is 28.6 Å². The van der Waals surface area contributed by atoms with Crippen molar-refractivity contribution < 1.29 is 9.90 Å². The zero-order valence-corrected chi connectivity index (χ0v) is 11.8. The summed E-state index contributed by atoms with van der Waals surface area (Å²) in [5, 5.41) is 9.17. The van der Waals surface area contributed by atoms with Crippen molar-refractivity contribution in [3.8, 4) is 11.3 Å². The van der Waals surface area contributed by atoms with Crippen molar-refractivity contribution in [1.29, 1.82) is 0 Å². The maximum Gasteiger partial charge on any atom is 0.338 e. The summed E-state index contributed by atoms with van der Waals surface area (Å²) in [6, 6.07) is 7.35. The van der Waals surface area contributed by atoms with E-state index in [0.29, 0.717) is 16.7 Å². The van der Waals surface area contributed by atoms with E-state index in [4.69, 9.17) is 16.7 Å². The molecule has 0 aliphatic heterocycles. The van der Waals surface area contributed by atoms with Crippen LogP contribution < -0.4 is 0 Å². The third-order valence-electron chi connectivity index (χ3n) is 3.09. The molecule has 0 saturated carbocycles. The maximum absolute atomic E-state index is 11.1. The van der Waals surface area contributed by atoms with Crippen molar-refractivity contribution in [3.05, 3.63) is 52.9 Å². The van der Waals surface area contributed by atoms with Crippen LogP contribution in [0.15, 0.2) is 36.7 Å². The molecule has 1 N–H and O–H groups in total. The number of fused-ring (bicyclic) bond motifs is 1. The summed E-state index contributed by atoms with van der Waals surface area (Å²) < 4.78 is 0. The Morgan fingerprint density at radius 1 is 1.14 bits per heavy atom. The average molecular weight is 300 g/mol. The second-order valence-corrected chi connectivity index (χ2v) is 4.92. The smallest absolute Gasteiger partial charge is 0.338 e. The average Bonchev–Trinajstić information content (AvgIpc) is 2.48. The predicted octanol–water partition coefficient (Wildman–Crippen LogP) is 3.35. The first-order chi connectivity index (χ1) is 10.1. The number of carboxylic acid groups (broad SMARTS) is 1. The molecule has 0 unspecified atom stereocenters. The van der Waals surface area contributed by atoms with Crippen LogP contribution in [0.2, 0.25) is 5.02 Å². The van der Waals surface area contributed by atoms with Crippen molar-refractivity contribution in [2.24, 2.45) is 0 Å². The number of aryl methyl sites for hydroxylation is 1. The van der Waals surface area contributed by atoms with E-state index in [1.807, 2.05) is 19.1 Å². The van der Waals surface area contributed by atoms with Crippen LogP contribution in [0.4, 0.5) is 0 Å². The molecule has 21 heavy (non-hydrogen) atoms. The largest absolute Gasteiger partial charge is 0.478 e. The number of hydrogen-bond donors (Lipinski definition) is 1. The highest BCUT2D eigenvalue weighted by Crippen LogP contribution is 2.27. The number of halogens is 1. The van der Waals surface area contributed by atoms with Crippen LogP contribution in [-0.2, 0) is 0 Å². The molecule has 0 aromatic carbocycles. The fourth-order valence-electron chi connectivity index (χ4n) is 1.97. The van der Waals surface area contributed by atoms with Gasteiger partial charge in [0.15, 0.2) is 0 Å². The van der Waals surface area contributed by atoms with E-state index >= 15 is 0 Å². The summed E-state index contributed by atoms with van der Waals surface area (Å²) in [6.07, 6.45) is 2.95. The fourth-order valence-corrected chi connectivity index (χ4v) is 2.23. The summed E-state index contributed by atoms with van der Waals surface area (Å²) in [7, 11) is 0. The molecule has 3 aromatic rings. The van der Waals surface area contributed by atoms with Gasteiger partial charge in [-0.25, -0.2) is 9.78 Å². The zero-order chi connectivity index (χ0) is 15.0. The first-order valence-electron chi connectivity index (χ1n) is 6.18. The van der Waals surface area contributed by atoms with E-state index in [9.17, 15) is 4.79 Å². The number of aromatic carboxylic acids is 1. The van der Waals surface area contributed by atoms with Gasteiger partial charge in [0.1, 0.15) is 5.52 Å². The Morgan fingerprint density at radius 2 is 1.95 bits per heavy atom. The molecule has 3 aromatic heterocycles. The molecule has 0 aliphatic carbocycles. The number of carboxylic acids is 1. The van der Waals surface area contributed by atoms with Crippen LogP contribution in [-0.4, -0.2) is 26.0 Å². The highest BCUT2D eigenvalue weighted by molar-refractivity contribution is 6.37. The number of rotatable bonds is 2. The molecule has 0 amide bonds. The Balaban J connectivity index is 2.20. The van der Waals surface area contributed by atoms with E-state index in [1.54, 1.807) is 18.3 Å². The summed E-state index contributed by atoms with van der Waals surface area (Å²) >= 11 is 6.12. The van der Waals surface area contributed by atoms with Crippen LogP contribution in [0.1, 0.15) is 16.1 Å². The lowest BCUT2D eigenvalue weighted by atomic mass is 10.1. The third-order valence-corrected chi connectivity index (χ3v) is 3.47. The first-order valence-corrected chi connectivity index (χ1v) is 6.55. The predicted molar refractivity (Wildman–Crippen MR) is 79.5 cm³/mol. The number of hydrogen-bond acceptors (Lipinski definition) is 4. The number of carbonyl (C=O) groups is 1. The van der Waals surface area contributed by atoms with Crippen LogP contribution in [0.25, 0.3) is 22.3 Å². The molecule has 0 bridgehead atoms. The van der Waals surface area contributed by atoms with Crippen molar-refractivity contribution in [3.63, 3.8) is 0 Å². The summed E-state index contributed by atoms with van der Waals surface area (Å²) in [5.74, 6) is -1.13. The first kappa shape index (κ1) is 13.5. The number of nitrogens with zero attached hydrogens (tertiary/aromatic N) is 3. The SMILES string of the molecule is Cc1ccc(-c2ccc3ncc(C(=O)O)c(Cl)c3n2)cn1. The molecule has 0 saturated heterocycles. The highest BCUT2D eigenvalue weighted by Gasteiger charge is 2.14. The monoisotopic (exact) mass is 299 g/mol. The van der Waals surface area contributed by atoms with Gasteiger partial charge < -0.3 is 5.11 Å². The second kappa shape index (κ2) is 5.10. The molecule has 0 aliphatic rings. The molecule has 6 heteroatoms.